The smallest absolute Gasteiger partial charge is 0.120 e. The van der Waals surface area contributed by atoms with Gasteiger partial charge in [-0.25, -0.2) is 4.98 Å². The number of allylic oxidation sites excluding steroid dienone is 2. The second-order valence-electron chi connectivity index (χ2n) is 11.2. The van der Waals surface area contributed by atoms with Crippen LogP contribution in [-0.2, 0) is 19.6 Å². The minimum Gasteiger partial charge on any atom is -0.383 e. The van der Waals surface area contributed by atoms with E-state index in [1.54, 1.807) is 0 Å². The lowest BCUT2D eigenvalue weighted by Crippen LogP contribution is -2.51. The van der Waals surface area contributed by atoms with E-state index in [0.717, 1.165) is 32.0 Å². The number of hydrogen-bond donors (Lipinski definition) is 2. The van der Waals surface area contributed by atoms with Crippen LogP contribution in [0.5, 0.6) is 0 Å². The van der Waals surface area contributed by atoms with Crippen molar-refractivity contribution in [2.45, 2.75) is 90.5 Å². The monoisotopic (exact) mass is 518 g/mol. The highest BCUT2D eigenvalue weighted by Crippen LogP contribution is 2.31. The van der Waals surface area contributed by atoms with Gasteiger partial charge in [0.2, 0.25) is 0 Å². The Balaban J connectivity index is 1.30. The predicted molar refractivity (Wildman–Crippen MR) is 159 cm³/mol. The van der Waals surface area contributed by atoms with E-state index in [9.17, 15) is 0 Å². The molecule has 208 valence electrons. The number of dihydropyridines is 1. The quantitative estimate of drug-likeness (QED) is 0.279. The van der Waals surface area contributed by atoms with Gasteiger partial charge in [-0.1, -0.05) is 44.2 Å². The number of unbranched alkanes of at least 4 members (excludes halogenated alkanes) is 1. The zero-order valence-electron chi connectivity index (χ0n) is 24.0. The lowest BCUT2D eigenvalue weighted by atomic mass is 9.83. The topological polar surface area (TPSA) is 50.4 Å². The van der Waals surface area contributed by atoms with E-state index in [2.05, 4.69) is 93.5 Å². The van der Waals surface area contributed by atoms with Crippen LogP contribution in [0.4, 0.5) is 0 Å². The molecule has 4 rings (SSSR count). The number of nitrogens with one attached hydrogen (secondary N) is 2. The molecule has 2 heterocycles. The summed E-state index contributed by atoms with van der Waals surface area (Å²) in [5.41, 5.74) is 4.31. The molecule has 6 heteroatoms. The molecular formula is C32H50N6. The molecule has 0 bridgehead atoms. The van der Waals surface area contributed by atoms with E-state index >= 15 is 0 Å². The Labute approximate surface area is 231 Å². The number of H-pyrrole nitrogens is 1. The van der Waals surface area contributed by atoms with Crippen molar-refractivity contribution >= 4 is 0 Å². The van der Waals surface area contributed by atoms with Crippen LogP contribution >= 0.6 is 0 Å². The van der Waals surface area contributed by atoms with Gasteiger partial charge in [0.1, 0.15) is 5.82 Å². The van der Waals surface area contributed by atoms with Gasteiger partial charge >= 0.3 is 0 Å². The molecule has 1 aliphatic heterocycles. The van der Waals surface area contributed by atoms with Gasteiger partial charge in [0.15, 0.2) is 0 Å². The van der Waals surface area contributed by atoms with Crippen LogP contribution in [0.15, 0.2) is 60.6 Å². The average Bonchev–Trinajstić information content (AvgIpc) is 3.45. The fourth-order valence-corrected chi connectivity index (χ4v) is 6.14. The molecule has 0 spiro atoms. The highest BCUT2D eigenvalue weighted by Gasteiger charge is 2.33. The maximum Gasteiger partial charge on any atom is 0.120 e. The van der Waals surface area contributed by atoms with Gasteiger partial charge in [0.25, 0.3) is 0 Å². The Morgan fingerprint density at radius 1 is 0.921 bits per heavy atom. The van der Waals surface area contributed by atoms with Gasteiger partial charge in [-0.2, -0.15) is 0 Å². The Hall–Kier alpha value is -2.41. The van der Waals surface area contributed by atoms with Crippen molar-refractivity contribution in [1.29, 1.82) is 0 Å². The molecule has 0 amide bonds. The third kappa shape index (κ3) is 8.55. The van der Waals surface area contributed by atoms with Gasteiger partial charge in [-0.15, -0.1) is 0 Å². The van der Waals surface area contributed by atoms with E-state index < -0.39 is 0 Å². The SMILES string of the molecule is CCCN(CCC)CCCCN(C)Cc1ccc(CN(Cc2ncc[nH]2)C2CCCC3=CC=CNC32)cc1. The van der Waals surface area contributed by atoms with Crippen molar-refractivity contribution < 1.29 is 0 Å². The van der Waals surface area contributed by atoms with Crippen LogP contribution in [0.2, 0.25) is 0 Å². The maximum absolute atomic E-state index is 4.55. The Bertz CT molecular complexity index is 974. The Kier molecular flexibility index (Phi) is 11.5. The summed E-state index contributed by atoms with van der Waals surface area (Å²) in [5.74, 6) is 1.04. The summed E-state index contributed by atoms with van der Waals surface area (Å²) in [6.07, 6.45) is 19.1. The number of aromatic nitrogens is 2. The fraction of sp³-hybridized carbons (Fsp3) is 0.594. The minimum absolute atomic E-state index is 0.396. The third-order valence-corrected chi connectivity index (χ3v) is 8.01. The van der Waals surface area contributed by atoms with Gasteiger partial charge in [-0.05, 0) is 107 Å². The van der Waals surface area contributed by atoms with Crippen molar-refractivity contribution in [1.82, 2.24) is 30.0 Å². The molecule has 2 aromatic rings. The van der Waals surface area contributed by atoms with Crippen LogP contribution in [0.1, 0.15) is 75.7 Å². The average molecular weight is 519 g/mol. The number of aromatic amines is 1. The molecule has 0 radical (unpaired) electrons. The van der Waals surface area contributed by atoms with Crippen molar-refractivity contribution in [3.63, 3.8) is 0 Å². The molecule has 2 atom stereocenters. The maximum atomic E-state index is 4.55. The molecule has 0 saturated heterocycles. The van der Waals surface area contributed by atoms with Crippen LogP contribution in [0.25, 0.3) is 0 Å². The third-order valence-electron chi connectivity index (χ3n) is 8.01. The summed E-state index contributed by atoms with van der Waals surface area (Å²) >= 11 is 0. The number of nitrogens with zero attached hydrogens (tertiary/aromatic N) is 4. The molecule has 2 unspecified atom stereocenters. The Morgan fingerprint density at radius 2 is 1.66 bits per heavy atom. The molecule has 2 N–H and O–H groups in total. The van der Waals surface area contributed by atoms with Crippen molar-refractivity contribution in [3.8, 4) is 0 Å². The normalized spacial score (nSPS) is 19.2. The highest BCUT2D eigenvalue weighted by molar-refractivity contribution is 5.28. The zero-order chi connectivity index (χ0) is 26.6. The van der Waals surface area contributed by atoms with E-state index in [4.69, 9.17) is 0 Å². The number of fused-ring (bicyclic) bond motifs is 1. The lowest BCUT2D eigenvalue weighted by Gasteiger charge is -2.42. The second kappa shape index (κ2) is 15.2. The summed E-state index contributed by atoms with van der Waals surface area (Å²) in [4.78, 5) is 15.6. The zero-order valence-corrected chi connectivity index (χ0v) is 24.0. The van der Waals surface area contributed by atoms with E-state index in [1.807, 2.05) is 12.4 Å². The van der Waals surface area contributed by atoms with Crippen LogP contribution in [0, 0.1) is 0 Å². The summed E-state index contributed by atoms with van der Waals surface area (Å²) < 4.78 is 0. The summed E-state index contributed by atoms with van der Waals surface area (Å²) in [6.45, 7) is 12.2. The molecule has 1 aromatic carbocycles. The first-order chi connectivity index (χ1) is 18.7. The molecular weight excluding hydrogens is 468 g/mol. The minimum atomic E-state index is 0.396. The van der Waals surface area contributed by atoms with Crippen molar-refractivity contribution in [3.05, 3.63) is 77.5 Å². The first kappa shape index (κ1) is 28.6. The molecule has 2 aliphatic rings. The molecule has 1 aromatic heterocycles. The second-order valence-corrected chi connectivity index (χ2v) is 11.2. The molecule has 6 nitrogen and oxygen atoms in total. The van der Waals surface area contributed by atoms with Gasteiger partial charge in [-0.3, -0.25) is 4.90 Å². The number of benzene rings is 1. The van der Waals surface area contributed by atoms with Crippen LogP contribution < -0.4 is 5.32 Å². The van der Waals surface area contributed by atoms with Crippen molar-refractivity contribution in [2.75, 3.05) is 33.2 Å². The highest BCUT2D eigenvalue weighted by atomic mass is 15.2. The number of rotatable bonds is 16. The number of hydrogen-bond acceptors (Lipinski definition) is 5. The standard InChI is InChI=1S/C32H50N6/c1-4-20-37(21-5-2)23-7-6-22-36(3)24-27-13-15-28(16-14-27)25-38(26-31-33-18-19-34-31)30-12-8-10-29-11-9-17-35-32(29)30/h9,11,13-19,30,32,35H,4-8,10,12,20-26H2,1-3H3,(H,33,34). The van der Waals surface area contributed by atoms with Crippen molar-refractivity contribution in [2.24, 2.45) is 0 Å². The van der Waals surface area contributed by atoms with E-state index in [1.165, 1.54) is 81.3 Å². The number of imidazole rings is 1. The fourth-order valence-electron chi connectivity index (χ4n) is 6.14. The largest absolute Gasteiger partial charge is 0.383 e. The lowest BCUT2D eigenvalue weighted by molar-refractivity contribution is 0.129. The van der Waals surface area contributed by atoms with Crippen LogP contribution in [-0.4, -0.2) is 70.0 Å². The van der Waals surface area contributed by atoms with Gasteiger partial charge in [0, 0.05) is 31.5 Å². The molecule has 1 aliphatic carbocycles. The summed E-state index contributed by atoms with van der Waals surface area (Å²) in [5, 5.41) is 3.66. The summed E-state index contributed by atoms with van der Waals surface area (Å²) in [7, 11) is 2.26. The van der Waals surface area contributed by atoms with Crippen LogP contribution in [0.3, 0.4) is 0 Å². The van der Waals surface area contributed by atoms with E-state index in [0.29, 0.717) is 12.1 Å². The first-order valence-electron chi connectivity index (χ1n) is 15.0. The molecule has 1 saturated carbocycles. The summed E-state index contributed by atoms with van der Waals surface area (Å²) in [6, 6.07) is 10.2. The Morgan fingerprint density at radius 3 is 2.37 bits per heavy atom. The first-order valence-corrected chi connectivity index (χ1v) is 15.0. The molecule has 1 fully saturated rings. The van der Waals surface area contributed by atoms with E-state index in [-0.39, 0.29) is 0 Å². The van der Waals surface area contributed by atoms with Gasteiger partial charge in [0.05, 0.1) is 12.6 Å². The molecule has 38 heavy (non-hydrogen) atoms. The van der Waals surface area contributed by atoms with Gasteiger partial charge < -0.3 is 20.1 Å². The predicted octanol–water partition coefficient (Wildman–Crippen LogP) is 5.71.